The molecule has 172 valence electrons. The Hall–Kier alpha value is -4.11. The molecule has 2 amide bonds. The van der Waals surface area contributed by atoms with Crippen LogP contribution < -0.4 is 5.56 Å². The first-order valence-corrected chi connectivity index (χ1v) is 11.0. The second-order valence-electron chi connectivity index (χ2n) is 8.66. The van der Waals surface area contributed by atoms with Gasteiger partial charge in [0.1, 0.15) is 11.5 Å². The normalized spacial score (nSPS) is 13.4. The van der Waals surface area contributed by atoms with E-state index in [0.29, 0.717) is 29.2 Å². The number of hydrogen-bond acceptors (Lipinski definition) is 6. The van der Waals surface area contributed by atoms with Crippen molar-refractivity contribution in [1.29, 1.82) is 0 Å². The number of pyridine rings is 2. The molecule has 4 aromatic rings. The number of hydrogen-bond donors (Lipinski definition) is 0. The Kier molecular flexibility index (Phi) is 5.33. The molecular formula is C25H24N6O3. The number of carbonyl (C=O) groups is 2. The van der Waals surface area contributed by atoms with Crippen molar-refractivity contribution < 1.29 is 9.59 Å². The summed E-state index contributed by atoms with van der Waals surface area (Å²) in [7, 11) is 3.17. The average molecular weight is 457 g/mol. The van der Waals surface area contributed by atoms with Gasteiger partial charge in [-0.05, 0) is 55.5 Å². The predicted molar refractivity (Wildman–Crippen MR) is 127 cm³/mol. The highest BCUT2D eigenvalue weighted by Crippen LogP contribution is 2.39. The molecule has 0 aliphatic heterocycles. The number of benzene rings is 1. The van der Waals surface area contributed by atoms with Gasteiger partial charge in [0.2, 0.25) is 6.41 Å². The maximum Gasteiger partial charge on any atom is 0.293 e. The third kappa shape index (κ3) is 3.80. The van der Waals surface area contributed by atoms with Gasteiger partial charge < -0.3 is 4.57 Å². The quantitative estimate of drug-likeness (QED) is 0.327. The van der Waals surface area contributed by atoms with Gasteiger partial charge in [-0.2, -0.15) is 0 Å². The molecule has 1 aliphatic rings. The summed E-state index contributed by atoms with van der Waals surface area (Å²) in [6.07, 6.45) is 6.57. The van der Waals surface area contributed by atoms with E-state index in [-0.39, 0.29) is 11.3 Å². The van der Waals surface area contributed by atoms with E-state index in [2.05, 4.69) is 9.97 Å². The van der Waals surface area contributed by atoms with Crippen LogP contribution in [0.25, 0.3) is 22.3 Å². The van der Waals surface area contributed by atoms with E-state index < -0.39 is 5.91 Å². The van der Waals surface area contributed by atoms with Crippen LogP contribution in [0, 0.1) is 6.92 Å². The molecule has 1 fully saturated rings. The summed E-state index contributed by atoms with van der Waals surface area (Å²) in [4.78, 5) is 46.5. The first-order chi connectivity index (χ1) is 16.4. The number of nitrogens with zero attached hydrogens (tertiary/aromatic N) is 6. The molecular weight excluding hydrogens is 432 g/mol. The van der Waals surface area contributed by atoms with Crippen LogP contribution in [0.3, 0.4) is 0 Å². The minimum absolute atomic E-state index is 0.0597. The van der Waals surface area contributed by atoms with Crippen LogP contribution >= 0.6 is 0 Å². The highest BCUT2D eigenvalue weighted by Gasteiger charge is 2.26. The number of aryl methyl sites for hydroxylation is 1. The van der Waals surface area contributed by atoms with Gasteiger partial charge in [-0.3, -0.25) is 19.0 Å². The van der Waals surface area contributed by atoms with Gasteiger partial charge in [0, 0.05) is 43.0 Å². The van der Waals surface area contributed by atoms with Gasteiger partial charge in [-0.25, -0.2) is 20.0 Å². The molecule has 0 bridgehead atoms. The van der Waals surface area contributed by atoms with E-state index in [1.54, 1.807) is 32.6 Å². The highest BCUT2D eigenvalue weighted by atomic mass is 16.2. The van der Waals surface area contributed by atoms with E-state index in [0.717, 1.165) is 21.8 Å². The van der Waals surface area contributed by atoms with Crippen molar-refractivity contribution in [1.82, 2.24) is 29.1 Å². The molecule has 0 N–H and O–H groups in total. The second-order valence-corrected chi connectivity index (χ2v) is 8.66. The lowest BCUT2D eigenvalue weighted by Crippen LogP contribution is -2.41. The molecule has 34 heavy (non-hydrogen) atoms. The minimum atomic E-state index is -0.581. The van der Waals surface area contributed by atoms with Crippen molar-refractivity contribution in [2.45, 2.75) is 25.7 Å². The first-order valence-electron chi connectivity index (χ1n) is 11.0. The van der Waals surface area contributed by atoms with Crippen LogP contribution in [0.2, 0.25) is 0 Å². The summed E-state index contributed by atoms with van der Waals surface area (Å²) in [5, 5.41) is 3.63. The molecule has 5 rings (SSSR count). The summed E-state index contributed by atoms with van der Waals surface area (Å²) in [6.45, 7) is 1.82. The summed E-state index contributed by atoms with van der Waals surface area (Å²) in [5.74, 6) is 0.274. The lowest BCUT2D eigenvalue weighted by atomic mass is 10.1. The van der Waals surface area contributed by atoms with E-state index in [1.807, 2.05) is 42.0 Å². The Bertz CT molecular complexity index is 1480. The molecule has 0 unspecified atom stereocenters. The molecule has 0 spiro atoms. The molecule has 9 nitrogen and oxygen atoms in total. The first kappa shape index (κ1) is 21.7. The number of imidazole rings is 1. The van der Waals surface area contributed by atoms with Crippen molar-refractivity contribution in [2.75, 3.05) is 14.1 Å². The van der Waals surface area contributed by atoms with Crippen LogP contribution in [0.15, 0.2) is 59.8 Å². The largest absolute Gasteiger partial charge is 0.306 e. The monoisotopic (exact) mass is 456 g/mol. The fraction of sp³-hybridized carbons (Fsp3) is 0.240. The average Bonchev–Trinajstić information content (AvgIpc) is 3.56. The fourth-order valence-electron chi connectivity index (χ4n) is 4.05. The van der Waals surface area contributed by atoms with Crippen molar-refractivity contribution >= 4 is 23.1 Å². The van der Waals surface area contributed by atoms with E-state index >= 15 is 0 Å². The van der Waals surface area contributed by atoms with Gasteiger partial charge in [-0.1, -0.05) is 12.1 Å². The molecule has 0 atom stereocenters. The van der Waals surface area contributed by atoms with Crippen molar-refractivity contribution in [3.8, 4) is 11.5 Å². The fourth-order valence-corrected chi connectivity index (χ4v) is 4.05. The Morgan fingerprint density at radius 2 is 1.94 bits per heavy atom. The lowest BCUT2D eigenvalue weighted by molar-refractivity contribution is -0.125. The SMILES string of the molecule is Cc1cc2ccc(-n3cnc(C4CC4)c3)cc2c(=O)n1-c1cccc(C(=O)N(C=O)N(C)C)n1. The Morgan fingerprint density at radius 3 is 2.65 bits per heavy atom. The highest BCUT2D eigenvalue weighted by molar-refractivity contribution is 5.98. The van der Waals surface area contributed by atoms with E-state index in [9.17, 15) is 14.4 Å². The molecule has 0 radical (unpaired) electrons. The Labute approximate surface area is 195 Å². The van der Waals surface area contributed by atoms with E-state index in [4.69, 9.17) is 0 Å². The molecule has 9 heteroatoms. The second kappa shape index (κ2) is 8.35. The van der Waals surface area contributed by atoms with Crippen LogP contribution in [0.4, 0.5) is 0 Å². The summed E-state index contributed by atoms with van der Waals surface area (Å²) < 4.78 is 3.41. The molecule has 1 aliphatic carbocycles. The summed E-state index contributed by atoms with van der Waals surface area (Å²) >= 11 is 0. The lowest BCUT2D eigenvalue weighted by Gasteiger charge is -2.22. The predicted octanol–water partition coefficient (Wildman–Crippen LogP) is 2.83. The van der Waals surface area contributed by atoms with Crippen molar-refractivity contribution in [2.24, 2.45) is 0 Å². The maximum atomic E-state index is 13.6. The van der Waals surface area contributed by atoms with Crippen LogP contribution in [-0.4, -0.2) is 55.5 Å². The van der Waals surface area contributed by atoms with Crippen LogP contribution in [0.1, 0.15) is 40.6 Å². The number of rotatable bonds is 6. The number of amides is 2. The summed E-state index contributed by atoms with van der Waals surface area (Å²) in [6, 6.07) is 12.5. The molecule has 1 aromatic carbocycles. The minimum Gasteiger partial charge on any atom is -0.306 e. The zero-order valence-corrected chi connectivity index (χ0v) is 19.2. The molecule has 0 saturated heterocycles. The molecule has 3 heterocycles. The zero-order valence-electron chi connectivity index (χ0n) is 19.2. The Balaban J connectivity index is 1.59. The van der Waals surface area contributed by atoms with Crippen molar-refractivity contribution in [3.05, 3.63) is 82.4 Å². The number of aromatic nitrogens is 4. The van der Waals surface area contributed by atoms with Crippen molar-refractivity contribution in [3.63, 3.8) is 0 Å². The molecule has 1 saturated carbocycles. The third-order valence-corrected chi connectivity index (χ3v) is 6.01. The number of carbonyl (C=O) groups excluding carboxylic acids is 2. The Morgan fingerprint density at radius 1 is 1.15 bits per heavy atom. The standard InChI is InChI=1S/C25H24N6O3/c1-16-11-18-9-10-19(29-13-22(26-14-29)17-7-8-17)12-20(18)24(33)31(16)23-6-4-5-21(27-23)25(34)30(15-32)28(2)3/h4-6,9-15,17H,7-8H2,1-3H3. The van der Waals surface area contributed by atoms with Gasteiger partial charge in [0.25, 0.3) is 11.5 Å². The third-order valence-electron chi connectivity index (χ3n) is 6.01. The van der Waals surface area contributed by atoms with E-state index in [1.165, 1.54) is 28.5 Å². The molecule has 3 aromatic heterocycles. The zero-order chi connectivity index (χ0) is 24.0. The smallest absolute Gasteiger partial charge is 0.293 e. The van der Waals surface area contributed by atoms with Crippen LogP contribution in [-0.2, 0) is 4.79 Å². The number of fused-ring (bicyclic) bond motifs is 1. The van der Waals surface area contributed by atoms with Crippen LogP contribution in [0.5, 0.6) is 0 Å². The van der Waals surface area contributed by atoms with Gasteiger partial charge in [0.05, 0.1) is 12.0 Å². The van der Waals surface area contributed by atoms with Gasteiger partial charge >= 0.3 is 0 Å². The van der Waals surface area contributed by atoms with Gasteiger partial charge in [-0.15, -0.1) is 0 Å². The number of imide groups is 1. The maximum absolute atomic E-state index is 13.6. The summed E-state index contributed by atoms with van der Waals surface area (Å²) in [5.41, 5.74) is 2.43. The topological polar surface area (TPSA) is 93.3 Å². The number of hydrazine groups is 1. The van der Waals surface area contributed by atoms with Gasteiger partial charge in [0.15, 0.2) is 0 Å².